The largest absolute Gasteiger partial charge is 0.368 e. The average molecular weight is 223 g/mol. The molecule has 0 atom stereocenters. The van der Waals surface area contributed by atoms with E-state index >= 15 is 0 Å². The molecule has 0 aromatic heterocycles. The number of nitriles is 1. The molecule has 0 aliphatic rings. The summed E-state index contributed by atoms with van der Waals surface area (Å²) in [7, 11) is 0. The Labute approximate surface area is 91.6 Å². The molecular weight excluding hydrogens is 213 g/mol. The Morgan fingerprint density at radius 2 is 2.38 bits per heavy atom. The maximum atomic E-state index is 12.9. The lowest BCUT2D eigenvalue weighted by Crippen LogP contribution is -2.24. The fourth-order valence-corrected chi connectivity index (χ4v) is 1.07. The van der Waals surface area contributed by atoms with Crippen LogP contribution in [-0.4, -0.2) is 12.5 Å². The van der Waals surface area contributed by atoms with E-state index in [-0.39, 0.29) is 13.2 Å². The molecular formula is C10H10FN3O2. The molecule has 0 saturated carbocycles. The second-order valence-corrected chi connectivity index (χ2v) is 2.99. The van der Waals surface area contributed by atoms with Gasteiger partial charge in [0.2, 0.25) is 5.91 Å². The number of hydrogen-bond donors (Lipinski definition) is 2. The van der Waals surface area contributed by atoms with Gasteiger partial charge in [-0.15, -0.1) is 0 Å². The molecule has 3 N–H and O–H groups in total. The Kier molecular flexibility index (Phi) is 4.39. The summed E-state index contributed by atoms with van der Waals surface area (Å²) >= 11 is 0. The van der Waals surface area contributed by atoms with E-state index < -0.39 is 11.7 Å². The Hall–Kier alpha value is -1.97. The molecule has 0 heterocycles. The van der Waals surface area contributed by atoms with Crippen LogP contribution < -0.4 is 11.2 Å². The van der Waals surface area contributed by atoms with E-state index in [0.717, 1.165) is 0 Å². The molecule has 0 unspecified atom stereocenters. The van der Waals surface area contributed by atoms with Crippen molar-refractivity contribution in [1.82, 2.24) is 5.48 Å². The second-order valence-electron chi connectivity index (χ2n) is 2.99. The molecule has 1 rings (SSSR count). The number of benzene rings is 1. The van der Waals surface area contributed by atoms with Gasteiger partial charge in [0.15, 0.2) is 0 Å². The molecule has 0 saturated heterocycles. The predicted octanol–water partition coefficient (Wildman–Crippen LogP) is 0.204. The van der Waals surface area contributed by atoms with Crippen LogP contribution in [0.5, 0.6) is 0 Å². The molecule has 1 aromatic carbocycles. The van der Waals surface area contributed by atoms with Gasteiger partial charge in [0, 0.05) is 6.54 Å². The Balaban J connectivity index is 2.56. The maximum Gasteiger partial charge on any atom is 0.245 e. The highest BCUT2D eigenvalue weighted by molar-refractivity contribution is 5.74. The Morgan fingerprint density at radius 3 is 3.00 bits per heavy atom. The van der Waals surface area contributed by atoms with Crippen LogP contribution >= 0.6 is 0 Å². The SMILES string of the molecule is N#Cc1ccc(F)cc1CNOCC(N)=O. The van der Waals surface area contributed by atoms with Crippen LogP contribution in [0.25, 0.3) is 0 Å². The van der Waals surface area contributed by atoms with Crippen LogP contribution in [0, 0.1) is 17.1 Å². The molecule has 0 fully saturated rings. The molecule has 0 bridgehead atoms. The average Bonchev–Trinajstić information content (AvgIpc) is 2.24. The van der Waals surface area contributed by atoms with E-state index in [1.807, 2.05) is 6.07 Å². The van der Waals surface area contributed by atoms with Crippen molar-refractivity contribution in [2.75, 3.05) is 6.61 Å². The van der Waals surface area contributed by atoms with Crippen molar-refractivity contribution >= 4 is 5.91 Å². The number of rotatable bonds is 5. The minimum atomic E-state index is -0.618. The molecule has 0 radical (unpaired) electrons. The number of halogens is 1. The number of primary amides is 1. The van der Waals surface area contributed by atoms with Crippen LogP contribution in [-0.2, 0) is 16.2 Å². The fourth-order valence-electron chi connectivity index (χ4n) is 1.07. The Morgan fingerprint density at radius 1 is 1.62 bits per heavy atom. The highest BCUT2D eigenvalue weighted by atomic mass is 19.1. The quantitative estimate of drug-likeness (QED) is 0.551. The van der Waals surface area contributed by atoms with Crippen molar-refractivity contribution in [1.29, 1.82) is 5.26 Å². The summed E-state index contributed by atoms with van der Waals surface area (Å²) in [6.45, 7) is -0.162. The van der Waals surface area contributed by atoms with E-state index in [2.05, 4.69) is 10.3 Å². The van der Waals surface area contributed by atoms with E-state index in [1.165, 1.54) is 18.2 Å². The van der Waals surface area contributed by atoms with Gasteiger partial charge in [-0.1, -0.05) is 0 Å². The predicted molar refractivity (Wildman–Crippen MR) is 53.1 cm³/mol. The third-order valence-corrected chi connectivity index (χ3v) is 1.77. The molecule has 1 amide bonds. The minimum Gasteiger partial charge on any atom is -0.368 e. The lowest BCUT2D eigenvalue weighted by molar-refractivity contribution is -0.125. The number of hydroxylamine groups is 1. The summed E-state index contributed by atoms with van der Waals surface area (Å²) in [4.78, 5) is 15.0. The summed E-state index contributed by atoms with van der Waals surface area (Å²) in [5, 5.41) is 8.74. The van der Waals surface area contributed by atoms with Gasteiger partial charge in [-0.25, -0.2) is 4.39 Å². The first-order chi connectivity index (χ1) is 7.63. The van der Waals surface area contributed by atoms with Crippen molar-refractivity contribution in [3.8, 4) is 6.07 Å². The third kappa shape index (κ3) is 3.65. The van der Waals surface area contributed by atoms with Crippen LogP contribution in [0.15, 0.2) is 18.2 Å². The molecule has 16 heavy (non-hydrogen) atoms. The van der Waals surface area contributed by atoms with Gasteiger partial charge in [-0.2, -0.15) is 10.7 Å². The van der Waals surface area contributed by atoms with Crippen LogP contribution in [0.4, 0.5) is 4.39 Å². The summed E-state index contributed by atoms with van der Waals surface area (Å²) in [5.41, 5.74) is 8.05. The topological polar surface area (TPSA) is 88.1 Å². The van der Waals surface area contributed by atoms with Gasteiger partial charge in [-0.05, 0) is 23.8 Å². The van der Waals surface area contributed by atoms with Gasteiger partial charge in [-0.3, -0.25) is 9.63 Å². The third-order valence-electron chi connectivity index (χ3n) is 1.77. The van der Waals surface area contributed by atoms with Crippen molar-refractivity contribution in [3.05, 3.63) is 35.1 Å². The number of nitrogens with zero attached hydrogens (tertiary/aromatic N) is 1. The van der Waals surface area contributed by atoms with Gasteiger partial charge in [0.1, 0.15) is 12.4 Å². The fraction of sp³-hybridized carbons (Fsp3) is 0.200. The van der Waals surface area contributed by atoms with Crippen molar-refractivity contribution < 1.29 is 14.0 Å². The highest BCUT2D eigenvalue weighted by Gasteiger charge is 2.03. The summed E-state index contributed by atoms with van der Waals surface area (Å²) in [6.07, 6.45) is 0. The molecule has 5 nitrogen and oxygen atoms in total. The number of carbonyl (C=O) groups excluding carboxylic acids is 1. The van der Waals surface area contributed by atoms with E-state index in [0.29, 0.717) is 11.1 Å². The van der Waals surface area contributed by atoms with E-state index in [1.54, 1.807) is 0 Å². The Bertz CT molecular complexity index is 429. The maximum absolute atomic E-state index is 12.9. The number of carbonyl (C=O) groups is 1. The minimum absolute atomic E-state index is 0.119. The van der Waals surface area contributed by atoms with Gasteiger partial charge in [0.05, 0.1) is 11.6 Å². The standard InChI is InChI=1S/C10H10FN3O2/c11-9-2-1-7(4-12)8(3-9)5-14-16-6-10(13)15/h1-3,14H,5-6H2,(H2,13,15). The zero-order valence-corrected chi connectivity index (χ0v) is 8.37. The molecule has 0 aliphatic carbocycles. The zero-order chi connectivity index (χ0) is 12.0. The summed E-state index contributed by atoms with van der Waals surface area (Å²) < 4.78 is 12.9. The summed E-state index contributed by atoms with van der Waals surface area (Å²) in [6, 6.07) is 5.72. The monoisotopic (exact) mass is 223 g/mol. The van der Waals surface area contributed by atoms with Crippen LogP contribution in [0.2, 0.25) is 0 Å². The first kappa shape index (κ1) is 12.1. The highest BCUT2D eigenvalue weighted by Crippen LogP contribution is 2.09. The van der Waals surface area contributed by atoms with Crippen molar-refractivity contribution in [3.63, 3.8) is 0 Å². The van der Waals surface area contributed by atoms with Crippen LogP contribution in [0.1, 0.15) is 11.1 Å². The lowest BCUT2D eigenvalue weighted by Gasteiger charge is -2.05. The van der Waals surface area contributed by atoms with E-state index in [4.69, 9.17) is 11.0 Å². The number of amides is 1. The van der Waals surface area contributed by atoms with Crippen LogP contribution in [0.3, 0.4) is 0 Å². The molecule has 0 aliphatic heterocycles. The lowest BCUT2D eigenvalue weighted by atomic mass is 10.1. The first-order valence-corrected chi connectivity index (χ1v) is 4.45. The summed E-state index contributed by atoms with van der Waals surface area (Å²) in [5.74, 6) is -1.06. The second kappa shape index (κ2) is 5.80. The van der Waals surface area contributed by atoms with Gasteiger partial charge in [0.25, 0.3) is 0 Å². The van der Waals surface area contributed by atoms with Gasteiger partial charge >= 0.3 is 0 Å². The molecule has 1 aromatic rings. The molecule has 84 valence electrons. The van der Waals surface area contributed by atoms with Crippen molar-refractivity contribution in [2.45, 2.75) is 6.54 Å². The zero-order valence-electron chi connectivity index (χ0n) is 8.37. The first-order valence-electron chi connectivity index (χ1n) is 4.45. The van der Waals surface area contributed by atoms with Gasteiger partial charge < -0.3 is 5.73 Å². The smallest absolute Gasteiger partial charge is 0.245 e. The number of nitrogens with one attached hydrogen (secondary N) is 1. The van der Waals surface area contributed by atoms with E-state index in [9.17, 15) is 9.18 Å². The number of hydrogen-bond acceptors (Lipinski definition) is 4. The molecule has 6 heteroatoms. The van der Waals surface area contributed by atoms with Crippen molar-refractivity contribution in [2.24, 2.45) is 5.73 Å². The molecule has 0 spiro atoms. The normalized spacial score (nSPS) is 9.75. The number of nitrogens with two attached hydrogens (primary N) is 1.